The minimum Gasteiger partial charge on any atom is -0.311 e. The summed E-state index contributed by atoms with van der Waals surface area (Å²) in [4.78, 5) is 0. The fraction of sp³-hybridized carbons (Fsp3) is 0.273. The molecule has 0 saturated carbocycles. The lowest BCUT2D eigenvalue weighted by molar-refractivity contribution is 0.511. The molecule has 3 nitrogen and oxygen atoms in total. The summed E-state index contributed by atoms with van der Waals surface area (Å²) in [6.07, 6.45) is 1.81. The number of hydrogen-bond donors (Lipinski definition) is 1. The molecule has 0 aliphatic rings. The predicted molar refractivity (Wildman–Crippen MR) is 61.8 cm³/mol. The third-order valence-corrected chi connectivity index (χ3v) is 3.05. The van der Waals surface area contributed by atoms with E-state index in [9.17, 15) is 8.78 Å². The van der Waals surface area contributed by atoms with Gasteiger partial charge in [0.1, 0.15) is 11.6 Å². The van der Waals surface area contributed by atoms with Gasteiger partial charge in [0, 0.05) is 5.56 Å². The highest BCUT2D eigenvalue weighted by atomic mass is 32.1. The Labute approximate surface area is 102 Å². The lowest BCUT2D eigenvalue weighted by Crippen LogP contribution is -2.20. The highest BCUT2D eigenvalue weighted by molar-refractivity contribution is 6.99. The van der Waals surface area contributed by atoms with Crippen LogP contribution in [-0.2, 0) is 6.42 Å². The third-order valence-electron chi connectivity index (χ3n) is 2.55. The van der Waals surface area contributed by atoms with E-state index < -0.39 is 11.6 Å². The van der Waals surface area contributed by atoms with Crippen molar-refractivity contribution in [1.82, 2.24) is 14.1 Å². The zero-order chi connectivity index (χ0) is 12.3. The van der Waals surface area contributed by atoms with Gasteiger partial charge in [-0.25, -0.2) is 8.78 Å². The SMILES string of the molecule is CNC(Cc1c(F)cccc1F)c1cnsn1. The Balaban J connectivity index is 2.25. The Bertz CT molecular complexity index is 467. The van der Waals surface area contributed by atoms with Gasteiger partial charge in [0.25, 0.3) is 0 Å². The maximum atomic E-state index is 13.5. The van der Waals surface area contributed by atoms with E-state index >= 15 is 0 Å². The summed E-state index contributed by atoms with van der Waals surface area (Å²) in [6.45, 7) is 0. The second kappa shape index (κ2) is 5.29. The van der Waals surface area contributed by atoms with Gasteiger partial charge < -0.3 is 5.32 Å². The maximum absolute atomic E-state index is 13.5. The summed E-state index contributed by atoms with van der Waals surface area (Å²) in [6, 6.07) is 3.63. The molecule has 2 rings (SSSR count). The van der Waals surface area contributed by atoms with Crippen molar-refractivity contribution in [2.24, 2.45) is 0 Å². The molecular weight excluding hydrogens is 244 g/mol. The topological polar surface area (TPSA) is 37.8 Å². The first kappa shape index (κ1) is 12.1. The van der Waals surface area contributed by atoms with Crippen LogP contribution in [0.5, 0.6) is 0 Å². The Morgan fingerprint density at radius 3 is 2.59 bits per heavy atom. The number of nitrogens with one attached hydrogen (secondary N) is 1. The Kier molecular flexibility index (Phi) is 3.75. The fourth-order valence-corrected chi connectivity index (χ4v) is 2.08. The van der Waals surface area contributed by atoms with Gasteiger partial charge in [-0.2, -0.15) is 8.75 Å². The van der Waals surface area contributed by atoms with Crippen LogP contribution in [0.15, 0.2) is 24.4 Å². The molecule has 2 aromatic rings. The summed E-state index contributed by atoms with van der Waals surface area (Å²) in [5.41, 5.74) is 0.764. The smallest absolute Gasteiger partial charge is 0.129 e. The standard InChI is InChI=1S/C11H11F2N3S/c1-14-10(11-6-15-17-16-11)5-7-8(12)3-2-4-9(7)13/h2-4,6,10,14H,5H2,1H3. The molecule has 1 heterocycles. The van der Waals surface area contributed by atoms with Crippen LogP contribution in [0.3, 0.4) is 0 Å². The molecule has 1 unspecified atom stereocenters. The molecule has 0 fully saturated rings. The van der Waals surface area contributed by atoms with E-state index in [1.165, 1.54) is 18.2 Å². The average molecular weight is 255 g/mol. The van der Waals surface area contributed by atoms with Crippen LogP contribution in [0.25, 0.3) is 0 Å². The zero-order valence-electron chi connectivity index (χ0n) is 9.15. The van der Waals surface area contributed by atoms with Crippen LogP contribution in [-0.4, -0.2) is 15.8 Å². The summed E-state index contributed by atoms with van der Waals surface area (Å²) in [5, 5.41) is 2.98. The second-order valence-electron chi connectivity index (χ2n) is 3.58. The van der Waals surface area contributed by atoms with E-state index in [2.05, 4.69) is 14.1 Å². The van der Waals surface area contributed by atoms with E-state index in [1.807, 2.05) is 0 Å². The van der Waals surface area contributed by atoms with Gasteiger partial charge in [-0.1, -0.05) is 6.07 Å². The molecule has 6 heteroatoms. The van der Waals surface area contributed by atoms with Crippen molar-refractivity contribution in [3.63, 3.8) is 0 Å². The van der Waals surface area contributed by atoms with Crippen molar-refractivity contribution in [1.29, 1.82) is 0 Å². The Hall–Kier alpha value is -1.40. The molecule has 0 saturated heterocycles. The van der Waals surface area contributed by atoms with Crippen molar-refractivity contribution < 1.29 is 8.78 Å². The van der Waals surface area contributed by atoms with Crippen LogP contribution in [0.1, 0.15) is 17.3 Å². The second-order valence-corrected chi connectivity index (χ2v) is 4.13. The van der Waals surface area contributed by atoms with Crippen LogP contribution in [0.4, 0.5) is 8.78 Å². The normalized spacial score (nSPS) is 12.6. The summed E-state index contributed by atoms with van der Waals surface area (Å²) in [5.74, 6) is -1.07. The molecular formula is C11H11F2N3S. The minimum atomic E-state index is -0.534. The first-order valence-electron chi connectivity index (χ1n) is 5.10. The maximum Gasteiger partial charge on any atom is 0.129 e. The lowest BCUT2D eigenvalue weighted by Gasteiger charge is -2.14. The van der Waals surface area contributed by atoms with Crippen molar-refractivity contribution in [2.75, 3.05) is 7.05 Å². The van der Waals surface area contributed by atoms with Crippen LogP contribution in [0, 0.1) is 11.6 Å². The minimum absolute atomic E-state index is 0.0693. The van der Waals surface area contributed by atoms with Crippen molar-refractivity contribution in [2.45, 2.75) is 12.5 Å². The molecule has 1 N–H and O–H groups in total. The Morgan fingerprint density at radius 2 is 2.06 bits per heavy atom. The van der Waals surface area contributed by atoms with Crippen LogP contribution >= 0.6 is 11.7 Å². The molecule has 0 aliphatic heterocycles. The molecule has 1 atom stereocenters. The first-order chi connectivity index (χ1) is 8.22. The van der Waals surface area contributed by atoms with Crippen LogP contribution < -0.4 is 5.32 Å². The average Bonchev–Trinajstić information content (AvgIpc) is 2.82. The number of aromatic nitrogens is 2. The van der Waals surface area contributed by atoms with Crippen molar-refractivity contribution in [3.8, 4) is 0 Å². The Morgan fingerprint density at radius 1 is 1.35 bits per heavy atom. The van der Waals surface area contributed by atoms with Gasteiger partial charge in [-0.3, -0.25) is 0 Å². The monoisotopic (exact) mass is 255 g/mol. The first-order valence-corrected chi connectivity index (χ1v) is 5.83. The predicted octanol–water partition coefficient (Wildman–Crippen LogP) is 2.32. The largest absolute Gasteiger partial charge is 0.311 e. The van der Waals surface area contributed by atoms with Crippen molar-refractivity contribution in [3.05, 3.63) is 47.3 Å². The van der Waals surface area contributed by atoms with E-state index in [-0.39, 0.29) is 18.0 Å². The lowest BCUT2D eigenvalue weighted by atomic mass is 10.0. The quantitative estimate of drug-likeness (QED) is 0.911. The van der Waals surface area contributed by atoms with Gasteiger partial charge in [-0.15, -0.1) is 0 Å². The molecule has 0 bridgehead atoms. The van der Waals surface area contributed by atoms with E-state index in [1.54, 1.807) is 13.2 Å². The number of halogens is 2. The highest BCUT2D eigenvalue weighted by Crippen LogP contribution is 2.20. The van der Waals surface area contributed by atoms with Gasteiger partial charge in [-0.05, 0) is 25.6 Å². The molecule has 1 aromatic heterocycles. The van der Waals surface area contributed by atoms with E-state index in [0.29, 0.717) is 5.69 Å². The molecule has 0 radical (unpaired) electrons. The van der Waals surface area contributed by atoms with Gasteiger partial charge in [0.05, 0.1) is 29.7 Å². The fourth-order valence-electron chi connectivity index (χ4n) is 1.61. The molecule has 17 heavy (non-hydrogen) atoms. The summed E-state index contributed by atoms with van der Waals surface area (Å²) < 4.78 is 34.9. The molecule has 0 spiro atoms. The number of benzene rings is 1. The number of nitrogens with zero attached hydrogens (tertiary/aromatic N) is 2. The van der Waals surface area contributed by atoms with Crippen molar-refractivity contribution >= 4 is 11.7 Å². The summed E-state index contributed by atoms with van der Waals surface area (Å²) >= 11 is 1.07. The summed E-state index contributed by atoms with van der Waals surface area (Å²) in [7, 11) is 1.72. The van der Waals surface area contributed by atoms with Crippen LogP contribution in [0.2, 0.25) is 0 Å². The van der Waals surface area contributed by atoms with E-state index in [4.69, 9.17) is 0 Å². The number of hydrogen-bond acceptors (Lipinski definition) is 4. The van der Waals surface area contributed by atoms with Gasteiger partial charge in [0.2, 0.25) is 0 Å². The number of rotatable bonds is 4. The zero-order valence-corrected chi connectivity index (χ0v) is 9.97. The van der Waals surface area contributed by atoms with Gasteiger partial charge in [0.15, 0.2) is 0 Å². The molecule has 0 aliphatic carbocycles. The highest BCUT2D eigenvalue weighted by Gasteiger charge is 2.17. The number of likely N-dealkylation sites (N-methyl/N-ethyl adjacent to an activating group) is 1. The van der Waals surface area contributed by atoms with Gasteiger partial charge >= 0.3 is 0 Å². The molecule has 90 valence electrons. The molecule has 1 aromatic carbocycles. The third kappa shape index (κ3) is 2.65. The molecule has 0 amide bonds. The van der Waals surface area contributed by atoms with E-state index in [0.717, 1.165) is 11.7 Å².